The lowest BCUT2D eigenvalue weighted by molar-refractivity contribution is -0.139. The zero-order valence-electron chi connectivity index (χ0n) is 19.9. The van der Waals surface area contributed by atoms with Crippen molar-refractivity contribution >= 4 is 27.9 Å². The molecule has 1 aromatic heterocycles. The Balaban J connectivity index is 1.58. The zero-order valence-corrected chi connectivity index (χ0v) is 20.8. The molecule has 0 saturated heterocycles. The summed E-state index contributed by atoms with van der Waals surface area (Å²) in [5, 5.41) is 0. The number of carbonyl (C=O) groups excluding carboxylic acids is 1. The quantitative estimate of drug-likeness (QED) is 0.365. The second kappa shape index (κ2) is 9.62. The van der Waals surface area contributed by atoms with Crippen LogP contribution in [0.3, 0.4) is 0 Å². The van der Waals surface area contributed by atoms with Gasteiger partial charge in [0, 0.05) is 38.0 Å². The van der Waals surface area contributed by atoms with Crippen molar-refractivity contribution in [2.75, 3.05) is 19.0 Å². The Morgan fingerprint density at radius 1 is 1.14 bits per heavy atom. The van der Waals surface area contributed by atoms with Crippen LogP contribution in [0.25, 0.3) is 11.3 Å². The van der Waals surface area contributed by atoms with Crippen molar-refractivity contribution in [3.05, 3.63) is 78.2 Å². The Bertz CT molecular complexity index is 1490. The summed E-state index contributed by atoms with van der Waals surface area (Å²) in [5.74, 6) is -0.480. The molecule has 190 valence electrons. The Morgan fingerprint density at radius 2 is 1.95 bits per heavy atom. The van der Waals surface area contributed by atoms with Crippen LogP contribution < -0.4 is 9.92 Å². The molecule has 5 rings (SSSR count). The molecule has 0 bridgehead atoms. The summed E-state index contributed by atoms with van der Waals surface area (Å²) in [5.41, 5.74) is 8.43. The van der Waals surface area contributed by atoms with Crippen molar-refractivity contribution < 1.29 is 22.1 Å². The maximum atomic E-state index is 12.2. The number of nitrogens with two attached hydrogens (primary N) is 1. The topological polar surface area (TPSA) is 149 Å². The molecule has 0 aliphatic carbocycles. The van der Waals surface area contributed by atoms with Gasteiger partial charge in [-0.3, -0.25) is 24.7 Å². The molecule has 0 saturated carbocycles. The monoisotopic (exact) mass is 520 g/mol. The van der Waals surface area contributed by atoms with Crippen molar-refractivity contribution in [2.45, 2.75) is 18.9 Å². The van der Waals surface area contributed by atoms with Gasteiger partial charge in [-0.2, -0.15) is 8.42 Å². The number of nitrogens with zero attached hydrogens (tertiary/aromatic N) is 5. The van der Waals surface area contributed by atoms with Crippen LogP contribution in [0, 0.1) is 0 Å². The normalized spacial score (nSPS) is 19.0. The third-order valence-electron chi connectivity index (χ3n) is 5.98. The zero-order chi connectivity index (χ0) is 26.0. The largest absolute Gasteiger partial charge is 0.446 e. The highest BCUT2D eigenvalue weighted by molar-refractivity contribution is 7.86. The summed E-state index contributed by atoms with van der Waals surface area (Å²) >= 11 is 0. The third kappa shape index (κ3) is 4.75. The standard InChI is InChI=1S/C25H24N6O5S/c1-17(32)35-16-37(33,34)36-21-8-6-19(7-9-21)25(23-29-10-3-13-31(23)24(26)30-25)20-5-2-4-18(14-20)22-15-27-11-12-28-22/h2,4-9,11-12,14-15H,3,10,13,16H2,1H3,(H2,26,30). The Kier molecular flexibility index (Phi) is 6.34. The van der Waals surface area contributed by atoms with E-state index in [4.69, 9.17) is 19.9 Å². The molecule has 0 radical (unpaired) electrons. The van der Waals surface area contributed by atoms with Crippen LogP contribution in [0.4, 0.5) is 0 Å². The van der Waals surface area contributed by atoms with Gasteiger partial charge in [0.15, 0.2) is 11.5 Å². The first-order chi connectivity index (χ1) is 17.8. The summed E-state index contributed by atoms with van der Waals surface area (Å²) in [6.07, 6.45) is 5.78. The SMILES string of the molecule is CC(=O)OCS(=O)(=O)Oc1ccc(C2(c3cccc(-c4cnccn4)c3)N=C(N)N3CCCN=C32)cc1. The van der Waals surface area contributed by atoms with E-state index in [-0.39, 0.29) is 5.75 Å². The summed E-state index contributed by atoms with van der Waals surface area (Å²) in [4.78, 5) is 31.2. The molecule has 37 heavy (non-hydrogen) atoms. The summed E-state index contributed by atoms with van der Waals surface area (Å²) in [7, 11) is -4.13. The summed E-state index contributed by atoms with van der Waals surface area (Å²) in [6, 6.07) is 14.3. The van der Waals surface area contributed by atoms with E-state index in [0.717, 1.165) is 30.0 Å². The van der Waals surface area contributed by atoms with E-state index < -0.39 is 27.6 Å². The van der Waals surface area contributed by atoms with Crippen LogP contribution in [-0.2, 0) is 25.2 Å². The number of rotatable bonds is 7. The molecule has 3 aromatic rings. The van der Waals surface area contributed by atoms with Gasteiger partial charge in [0.2, 0.25) is 5.94 Å². The van der Waals surface area contributed by atoms with E-state index >= 15 is 0 Å². The maximum Gasteiger partial charge on any atom is 0.345 e. The van der Waals surface area contributed by atoms with Gasteiger partial charge in [-0.25, -0.2) is 4.99 Å². The van der Waals surface area contributed by atoms with E-state index in [1.807, 2.05) is 29.2 Å². The fourth-order valence-corrected chi connectivity index (χ4v) is 5.17. The van der Waals surface area contributed by atoms with E-state index in [1.165, 1.54) is 12.1 Å². The minimum absolute atomic E-state index is 0.0664. The number of fused-ring (bicyclic) bond motifs is 1. The van der Waals surface area contributed by atoms with Gasteiger partial charge in [-0.15, -0.1) is 0 Å². The van der Waals surface area contributed by atoms with E-state index in [2.05, 4.69) is 14.7 Å². The highest BCUT2D eigenvalue weighted by Crippen LogP contribution is 2.42. The van der Waals surface area contributed by atoms with Crippen molar-refractivity contribution in [1.82, 2.24) is 14.9 Å². The van der Waals surface area contributed by atoms with Crippen molar-refractivity contribution in [3.8, 4) is 17.0 Å². The Hall–Kier alpha value is -4.32. The molecule has 2 N–H and O–H groups in total. The van der Waals surface area contributed by atoms with Crippen LogP contribution in [0.5, 0.6) is 5.75 Å². The highest BCUT2D eigenvalue weighted by atomic mass is 32.2. The molecular weight excluding hydrogens is 496 g/mol. The van der Waals surface area contributed by atoms with Crippen LogP contribution in [-0.4, -0.2) is 60.1 Å². The van der Waals surface area contributed by atoms with Crippen LogP contribution in [0.2, 0.25) is 0 Å². The fraction of sp³-hybridized carbons (Fsp3) is 0.240. The van der Waals surface area contributed by atoms with Crippen LogP contribution in [0.1, 0.15) is 24.5 Å². The first kappa shape index (κ1) is 24.4. The lowest BCUT2D eigenvalue weighted by Crippen LogP contribution is -2.46. The van der Waals surface area contributed by atoms with Crippen molar-refractivity contribution in [1.29, 1.82) is 0 Å². The van der Waals surface area contributed by atoms with Crippen LogP contribution >= 0.6 is 0 Å². The maximum absolute atomic E-state index is 12.2. The van der Waals surface area contributed by atoms with Gasteiger partial charge in [0.05, 0.1) is 11.9 Å². The predicted molar refractivity (Wildman–Crippen MR) is 136 cm³/mol. The first-order valence-corrected chi connectivity index (χ1v) is 13.1. The Morgan fingerprint density at radius 3 is 2.68 bits per heavy atom. The molecular formula is C25H24N6O5S. The fourth-order valence-electron chi connectivity index (χ4n) is 4.40. The first-order valence-electron chi connectivity index (χ1n) is 11.5. The lowest BCUT2D eigenvalue weighted by atomic mass is 9.81. The smallest absolute Gasteiger partial charge is 0.345 e. The number of benzene rings is 2. The number of hydrogen-bond donors (Lipinski definition) is 1. The number of esters is 1. The molecule has 0 spiro atoms. The average Bonchev–Trinajstić information content (AvgIpc) is 3.22. The molecule has 0 amide bonds. The van der Waals surface area contributed by atoms with Crippen molar-refractivity contribution in [3.63, 3.8) is 0 Å². The van der Waals surface area contributed by atoms with Gasteiger partial charge in [-0.1, -0.05) is 30.3 Å². The molecule has 11 nitrogen and oxygen atoms in total. The number of carbonyl (C=O) groups is 1. The van der Waals surface area contributed by atoms with Crippen LogP contribution in [0.15, 0.2) is 77.1 Å². The highest BCUT2D eigenvalue weighted by Gasteiger charge is 2.49. The van der Waals surface area contributed by atoms with Gasteiger partial charge in [-0.05, 0) is 35.7 Å². The van der Waals surface area contributed by atoms with Gasteiger partial charge in [0.25, 0.3) is 0 Å². The van der Waals surface area contributed by atoms with Gasteiger partial charge < -0.3 is 14.7 Å². The number of aliphatic imine (C=N–C) groups is 2. The Labute approximate surface area is 213 Å². The van der Waals surface area contributed by atoms with Crippen molar-refractivity contribution in [2.24, 2.45) is 15.7 Å². The average molecular weight is 521 g/mol. The van der Waals surface area contributed by atoms with E-state index in [0.29, 0.717) is 30.6 Å². The second-order valence-corrected chi connectivity index (χ2v) is 10.00. The predicted octanol–water partition coefficient (Wildman–Crippen LogP) is 2.05. The number of aromatic nitrogens is 2. The molecule has 3 heterocycles. The molecule has 2 aliphatic heterocycles. The molecule has 1 atom stereocenters. The number of ether oxygens (including phenoxy) is 1. The third-order valence-corrected chi connectivity index (χ3v) is 6.83. The van der Waals surface area contributed by atoms with Gasteiger partial charge >= 0.3 is 16.1 Å². The minimum atomic E-state index is -4.13. The molecule has 12 heteroatoms. The number of guanidine groups is 1. The summed E-state index contributed by atoms with van der Waals surface area (Å²) < 4.78 is 34.0. The second-order valence-electron chi connectivity index (χ2n) is 8.48. The number of amidine groups is 1. The lowest BCUT2D eigenvalue weighted by Gasteiger charge is -2.33. The molecule has 2 aliphatic rings. The molecule has 2 aromatic carbocycles. The molecule has 1 unspecified atom stereocenters. The van der Waals surface area contributed by atoms with Gasteiger partial charge in [0.1, 0.15) is 11.6 Å². The van der Waals surface area contributed by atoms with E-state index in [1.54, 1.807) is 30.7 Å². The number of hydrogen-bond acceptors (Lipinski definition) is 11. The molecule has 0 fully saturated rings. The minimum Gasteiger partial charge on any atom is -0.446 e. The van der Waals surface area contributed by atoms with E-state index in [9.17, 15) is 13.2 Å². The summed E-state index contributed by atoms with van der Waals surface area (Å²) in [6.45, 7) is 2.44.